The topological polar surface area (TPSA) is 97.7 Å². The normalized spacial score (nSPS) is 11.7. The molecule has 1 heterocycles. The van der Waals surface area contributed by atoms with Gasteiger partial charge >= 0.3 is 0 Å². The van der Waals surface area contributed by atoms with Crippen LogP contribution in [0.3, 0.4) is 0 Å². The van der Waals surface area contributed by atoms with Gasteiger partial charge in [0.15, 0.2) is 0 Å². The summed E-state index contributed by atoms with van der Waals surface area (Å²) in [6.45, 7) is 5.56. The van der Waals surface area contributed by atoms with E-state index in [1.54, 1.807) is 7.11 Å². The van der Waals surface area contributed by atoms with Gasteiger partial charge in [0, 0.05) is 20.3 Å². The van der Waals surface area contributed by atoms with E-state index in [1.165, 1.54) is 0 Å². The lowest BCUT2D eigenvalue weighted by Gasteiger charge is -2.07. The van der Waals surface area contributed by atoms with Gasteiger partial charge in [-0.1, -0.05) is 0 Å². The number of ether oxygens (including phenoxy) is 1. The molecule has 0 aliphatic rings. The van der Waals surface area contributed by atoms with E-state index in [4.69, 9.17) is 15.0 Å². The highest BCUT2D eigenvalue weighted by Crippen LogP contribution is 2.08. The zero-order valence-corrected chi connectivity index (χ0v) is 11.1. The molecular formula is C11H21N5O2. The first kappa shape index (κ1) is 14.5. The van der Waals surface area contributed by atoms with E-state index in [2.05, 4.69) is 20.7 Å². The second-order valence-electron chi connectivity index (χ2n) is 3.83. The van der Waals surface area contributed by atoms with Crippen molar-refractivity contribution < 1.29 is 9.15 Å². The van der Waals surface area contributed by atoms with Gasteiger partial charge in [-0.3, -0.25) is 5.43 Å². The molecule has 1 aromatic rings. The maximum atomic E-state index is 5.42. The van der Waals surface area contributed by atoms with Crippen LogP contribution in [0.1, 0.15) is 23.8 Å². The number of methoxy groups -OCH3 is 1. The Morgan fingerprint density at radius 2 is 2.28 bits per heavy atom. The molecule has 0 aliphatic heterocycles. The number of aromatic nitrogens is 1. The molecule has 0 atom stereocenters. The van der Waals surface area contributed by atoms with Crippen molar-refractivity contribution in [2.45, 2.75) is 26.8 Å². The Morgan fingerprint density at radius 1 is 1.50 bits per heavy atom. The van der Waals surface area contributed by atoms with Crippen molar-refractivity contribution in [3.63, 3.8) is 0 Å². The van der Waals surface area contributed by atoms with Crippen molar-refractivity contribution in [1.29, 1.82) is 0 Å². The smallest absolute Gasteiger partial charge is 0.216 e. The van der Waals surface area contributed by atoms with Crippen LogP contribution in [-0.4, -0.2) is 31.2 Å². The molecule has 0 spiro atoms. The molecule has 0 saturated heterocycles. The number of nitrogens with two attached hydrogens (primary N) is 1. The molecule has 0 amide bonds. The first-order chi connectivity index (χ1) is 8.67. The van der Waals surface area contributed by atoms with E-state index in [9.17, 15) is 0 Å². The Bertz CT molecular complexity index is 369. The molecule has 7 nitrogen and oxygen atoms in total. The predicted molar refractivity (Wildman–Crippen MR) is 68.9 cm³/mol. The minimum absolute atomic E-state index is 0.353. The summed E-state index contributed by atoms with van der Waals surface area (Å²) in [5, 5.41) is 3.06. The number of rotatable bonds is 6. The maximum absolute atomic E-state index is 5.42. The Kier molecular flexibility index (Phi) is 6.16. The van der Waals surface area contributed by atoms with Gasteiger partial charge in [-0.15, -0.1) is 0 Å². The van der Waals surface area contributed by atoms with E-state index < -0.39 is 0 Å². The van der Waals surface area contributed by atoms with Crippen molar-refractivity contribution in [2.75, 3.05) is 20.3 Å². The number of hydrazine groups is 1. The first-order valence-corrected chi connectivity index (χ1v) is 5.84. The molecule has 0 aromatic carbocycles. The molecule has 0 unspecified atom stereocenters. The molecular weight excluding hydrogens is 234 g/mol. The maximum Gasteiger partial charge on any atom is 0.216 e. The Morgan fingerprint density at radius 3 is 2.83 bits per heavy atom. The van der Waals surface area contributed by atoms with Gasteiger partial charge in [0.2, 0.25) is 11.9 Å². The number of oxazole rings is 1. The Hall–Kier alpha value is -1.60. The number of hydrogen-bond donors (Lipinski definition) is 3. The zero-order chi connectivity index (χ0) is 13.4. The summed E-state index contributed by atoms with van der Waals surface area (Å²) in [4.78, 5) is 8.47. The standard InChI is InChI=1S/C11H21N5O2/c1-8-9(2)18-10(15-8)7-14-11(16-12)13-5-4-6-17-3/h4-7,12H2,1-3H3,(H2,13,14,16). The molecule has 0 fully saturated rings. The van der Waals surface area contributed by atoms with Crippen molar-refractivity contribution in [1.82, 2.24) is 15.7 Å². The summed E-state index contributed by atoms with van der Waals surface area (Å²) >= 11 is 0. The summed E-state index contributed by atoms with van der Waals surface area (Å²) < 4.78 is 10.4. The van der Waals surface area contributed by atoms with Gasteiger partial charge in [-0.2, -0.15) is 0 Å². The molecule has 7 heteroatoms. The number of aryl methyl sites for hydroxylation is 2. The Balaban J connectivity index is 2.41. The fourth-order valence-corrected chi connectivity index (χ4v) is 1.33. The van der Waals surface area contributed by atoms with Crippen molar-refractivity contribution >= 4 is 5.96 Å². The third-order valence-electron chi connectivity index (χ3n) is 2.40. The summed E-state index contributed by atoms with van der Waals surface area (Å²) in [5.41, 5.74) is 3.38. The monoisotopic (exact) mass is 255 g/mol. The van der Waals surface area contributed by atoms with Gasteiger partial charge in [0.05, 0.1) is 5.69 Å². The van der Waals surface area contributed by atoms with E-state index in [-0.39, 0.29) is 0 Å². The fraction of sp³-hybridized carbons (Fsp3) is 0.636. The van der Waals surface area contributed by atoms with Gasteiger partial charge in [0.1, 0.15) is 12.3 Å². The molecule has 0 bridgehead atoms. The highest BCUT2D eigenvalue weighted by atomic mass is 16.5. The number of nitrogens with one attached hydrogen (secondary N) is 2. The van der Waals surface area contributed by atoms with E-state index in [0.717, 1.165) is 24.4 Å². The minimum atomic E-state index is 0.353. The molecule has 0 radical (unpaired) electrons. The second-order valence-corrected chi connectivity index (χ2v) is 3.83. The van der Waals surface area contributed by atoms with Crippen LogP contribution in [0.4, 0.5) is 0 Å². The van der Waals surface area contributed by atoms with E-state index in [0.29, 0.717) is 25.0 Å². The van der Waals surface area contributed by atoms with Crippen LogP contribution in [0.2, 0.25) is 0 Å². The average molecular weight is 255 g/mol. The highest BCUT2D eigenvalue weighted by molar-refractivity contribution is 5.79. The summed E-state index contributed by atoms with van der Waals surface area (Å²) in [5.74, 6) is 7.27. The largest absolute Gasteiger partial charge is 0.444 e. The van der Waals surface area contributed by atoms with Crippen LogP contribution in [0.25, 0.3) is 0 Å². The van der Waals surface area contributed by atoms with Gasteiger partial charge < -0.3 is 14.5 Å². The van der Waals surface area contributed by atoms with Crippen molar-refractivity contribution in [3.05, 3.63) is 17.3 Å². The van der Waals surface area contributed by atoms with Gasteiger partial charge in [0.25, 0.3) is 0 Å². The van der Waals surface area contributed by atoms with Crippen LogP contribution < -0.4 is 16.6 Å². The molecule has 1 aromatic heterocycles. The van der Waals surface area contributed by atoms with Crippen LogP contribution in [0.15, 0.2) is 9.41 Å². The summed E-state index contributed by atoms with van der Waals surface area (Å²) in [6, 6.07) is 0. The third kappa shape index (κ3) is 4.72. The predicted octanol–water partition coefficient (Wildman–Crippen LogP) is 0.237. The lowest BCUT2D eigenvalue weighted by Crippen LogP contribution is -2.42. The molecule has 102 valence electrons. The number of nitrogens with zero attached hydrogens (tertiary/aromatic N) is 2. The molecule has 1 rings (SSSR count). The highest BCUT2D eigenvalue weighted by Gasteiger charge is 2.04. The van der Waals surface area contributed by atoms with Gasteiger partial charge in [-0.05, 0) is 20.3 Å². The lowest BCUT2D eigenvalue weighted by atomic mass is 10.4. The SMILES string of the molecule is COCCCNC(=NCc1nc(C)c(C)o1)NN. The average Bonchev–Trinajstić information content (AvgIpc) is 2.68. The van der Waals surface area contributed by atoms with E-state index >= 15 is 0 Å². The quantitative estimate of drug-likeness (QED) is 0.221. The Labute approximate surface area is 107 Å². The zero-order valence-electron chi connectivity index (χ0n) is 11.1. The number of hydrogen-bond acceptors (Lipinski definition) is 5. The number of aliphatic imine (C=N–C) groups is 1. The molecule has 4 N–H and O–H groups in total. The van der Waals surface area contributed by atoms with Crippen LogP contribution >= 0.6 is 0 Å². The second kappa shape index (κ2) is 7.67. The van der Waals surface area contributed by atoms with Crippen LogP contribution in [0.5, 0.6) is 0 Å². The van der Waals surface area contributed by atoms with Crippen molar-refractivity contribution in [3.8, 4) is 0 Å². The molecule has 18 heavy (non-hydrogen) atoms. The van der Waals surface area contributed by atoms with Crippen molar-refractivity contribution in [2.24, 2.45) is 10.8 Å². The van der Waals surface area contributed by atoms with Gasteiger partial charge in [-0.25, -0.2) is 15.8 Å². The van der Waals surface area contributed by atoms with Crippen LogP contribution in [-0.2, 0) is 11.3 Å². The first-order valence-electron chi connectivity index (χ1n) is 5.84. The van der Waals surface area contributed by atoms with E-state index in [1.807, 2.05) is 13.8 Å². The molecule has 0 saturated carbocycles. The third-order valence-corrected chi connectivity index (χ3v) is 2.40. The summed E-state index contributed by atoms with van der Waals surface area (Å²) in [7, 11) is 1.67. The molecule has 0 aliphatic carbocycles. The number of guanidine groups is 1. The fourth-order valence-electron chi connectivity index (χ4n) is 1.33. The lowest BCUT2D eigenvalue weighted by molar-refractivity contribution is 0.195. The summed E-state index contributed by atoms with van der Waals surface area (Å²) in [6.07, 6.45) is 0.883. The van der Waals surface area contributed by atoms with Crippen LogP contribution in [0, 0.1) is 13.8 Å². The minimum Gasteiger partial charge on any atom is -0.444 e.